The molecule has 0 aromatic carbocycles. The first-order valence-electron chi connectivity index (χ1n) is 8.04. The number of nitrogens with one attached hydrogen (secondary N) is 1. The number of rotatable bonds is 11. The molecule has 0 spiro atoms. The third kappa shape index (κ3) is 7.08. The molecule has 0 amide bonds. The Labute approximate surface area is 109 Å². The lowest BCUT2D eigenvalue weighted by atomic mass is 9.80. The molecule has 1 atom stereocenters. The summed E-state index contributed by atoms with van der Waals surface area (Å²) in [4.78, 5) is 0. The molecule has 1 heteroatoms. The molecule has 1 N–H and O–H groups in total. The van der Waals surface area contributed by atoms with E-state index in [1.165, 1.54) is 77.0 Å². The van der Waals surface area contributed by atoms with Gasteiger partial charge in [-0.2, -0.15) is 0 Å². The van der Waals surface area contributed by atoms with Gasteiger partial charge in [0, 0.05) is 6.04 Å². The maximum Gasteiger partial charge on any atom is 0.00667 e. The highest BCUT2D eigenvalue weighted by atomic mass is 14.9. The Morgan fingerprint density at radius 3 is 2.18 bits per heavy atom. The van der Waals surface area contributed by atoms with Crippen LogP contribution in [0.25, 0.3) is 0 Å². The van der Waals surface area contributed by atoms with Crippen LogP contribution in [0.1, 0.15) is 84.0 Å². The van der Waals surface area contributed by atoms with Crippen molar-refractivity contribution in [2.45, 2.75) is 90.0 Å². The summed E-state index contributed by atoms with van der Waals surface area (Å²) >= 11 is 0. The van der Waals surface area contributed by atoms with Crippen LogP contribution in [0.2, 0.25) is 0 Å². The summed E-state index contributed by atoms with van der Waals surface area (Å²) in [7, 11) is 2.14. The summed E-state index contributed by atoms with van der Waals surface area (Å²) in [5.74, 6) is 1.05. The number of hydrogen-bond donors (Lipinski definition) is 1. The normalized spacial score (nSPS) is 18.0. The second-order valence-corrected chi connectivity index (χ2v) is 5.93. The van der Waals surface area contributed by atoms with Crippen molar-refractivity contribution in [1.29, 1.82) is 0 Å². The highest BCUT2D eigenvalue weighted by Gasteiger charge is 2.20. The average Bonchev–Trinajstić information content (AvgIpc) is 2.29. The molecule has 102 valence electrons. The summed E-state index contributed by atoms with van der Waals surface area (Å²) < 4.78 is 0. The zero-order chi connectivity index (χ0) is 12.3. The third-order valence-electron chi connectivity index (χ3n) is 4.41. The fourth-order valence-electron chi connectivity index (χ4n) is 2.86. The first-order valence-corrected chi connectivity index (χ1v) is 8.04. The van der Waals surface area contributed by atoms with Crippen LogP contribution in [0.4, 0.5) is 0 Å². The van der Waals surface area contributed by atoms with Crippen LogP contribution in [-0.2, 0) is 0 Å². The maximum atomic E-state index is 3.51. The van der Waals surface area contributed by atoms with E-state index in [-0.39, 0.29) is 0 Å². The monoisotopic (exact) mass is 239 g/mol. The number of unbranched alkanes of at least 4 members (excludes halogenated alkanes) is 6. The highest BCUT2D eigenvalue weighted by Crippen LogP contribution is 2.31. The van der Waals surface area contributed by atoms with Crippen molar-refractivity contribution in [2.75, 3.05) is 7.05 Å². The predicted octanol–water partition coefficient (Wildman–Crippen LogP) is 4.91. The van der Waals surface area contributed by atoms with Gasteiger partial charge in [0.05, 0.1) is 0 Å². The second-order valence-electron chi connectivity index (χ2n) is 5.93. The van der Waals surface area contributed by atoms with Gasteiger partial charge in [0.2, 0.25) is 0 Å². The summed E-state index contributed by atoms with van der Waals surface area (Å²) in [6.45, 7) is 2.29. The van der Waals surface area contributed by atoms with Crippen LogP contribution >= 0.6 is 0 Å². The summed E-state index contributed by atoms with van der Waals surface area (Å²) in [5.41, 5.74) is 0. The molecule has 1 nitrogen and oxygen atoms in total. The minimum Gasteiger partial charge on any atom is -0.317 e. The van der Waals surface area contributed by atoms with E-state index < -0.39 is 0 Å². The van der Waals surface area contributed by atoms with Gasteiger partial charge >= 0.3 is 0 Å². The van der Waals surface area contributed by atoms with Crippen molar-refractivity contribution in [3.8, 4) is 0 Å². The van der Waals surface area contributed by atoms with E-state index in [9.17, 15) is 0 Å². The van der Waals surface area contributed by atoms with Gasteiger partial charge in [0.1, 0.15) is 0 Å². The fourth-order valence-corrected chi connectivity index (χ4v) is 2.86. The van der Waals surface area contributed by atoms with Crippen LogP contribution < -0.4 is 5.32 Å². The van der Waals surface area contributed by atoms with Crippen molar-refractivity contribution in [3.63, 3.8) is 0 Å². The Bertz CT molecular complexity index is 163. The molecule has 1 rings (SSSR count). The summed E-state index contributed by atoms with van der Waals surface area (Å²) in [5, 5.41) is 3.51. The zero-order valence-corrected chi connectivity index (χ0v) is 12.1. The molecule has 1 unspecified atom stereocenters. The molecule has 0 saturated heterocycles. The smallest absolute Gasteiger partial charge is 0.00667 e. The molecule has 0 aromatic rings. The van der Waals surface area contributed by atoms with Crippen molar-refractivity contribution in [3.05, 3.63) is 0 Å². The van der Waals surface area contributed by atoms with Crippen molar-refractivity contribution >= 4 is 0 Å². The minimum absolute atomic E-state index is 0.802. The Morgan fingerprint density at radius 1 is 1.00 bits per heavy atom. The topological polar surface area (TPSA) is 12.0 Å². The van der Waals surface area contributed by atoms with Crippen molar-refractivity contribution in [1.82, 2.24) is 5.32 Å². The molecule has 17 heavy (non-hydrogen) atoms. The van der Waals surface area contributed by atoms with Crippen LogP contribution in [0, 0.1) is 5.92 Å². The molecule has 1 aliphatic rings. The largest absolute Gasteiger partial charge is 0.317 e. The van der Waals surface area contributed by atoms with Crippen LogP contribution in [0.3, 0.4) is 0 Å². The average molecular weight is 239 g/mol. The van der Waals surface area contributed by atoms with Gasteiger partial charge < -0.3 is 5.32 Å². The Kier molecular flexibility index (Phi) is 8.78. The third-order valence-corrected chi connectivity index (χ3v) is 4.41. The molecule has 0 aromatic heterocycles. The van der Waals surface area contributed by atoms with E-state index in [0.717, 1.165) is 12.0 Å². The first kappa shape index (κ1) is 15.0. The lowest BCUT2D eigenvalue weighted by Gasteiger charge is -2.29. The molecule has 1 aliphatic carbocycles. The van der Waals surface area contributed by atoms with Crippen LogP contribution in [0.5, 0.6) is 0 Å². The fraction of sp³-hybridized carbons (Fsp3) is 1.00. The standard InChI is InChI=1S/C16H33N/c1-3-4-5-6-7-8-9-13-16(17-2)14-15-11-10-12-15/h15-17H,3-14H2,1-2H3. The van der Waals surface area contributed by atoms with Gasteiger partial charge in [-0.15, -0.1) is 0 Å². The molecule has 0 bridgehead atoms. The van der Waals surface area contributed by atoms with E-state index in [1.807, 2.05) is 0 Å². The van der Waals surface area contributed by atoms with Crippen molar-refractivity contribution < 1.29 is 0 Å². The lowest BCUT2D eigenvalue weighted by Crippen LogP contribution is -2.29. The lowest BCUT2D eigenvalue weighted by molar-refractivity contribution is 0.257. The predicted molar refractivity (Wildman–Crippen MR) is 77.4 cm³/mol. The van der Waals surface area contributed by atoms with Gasteiger partial charge in [-0.25, -0.2) is 0 Å². The molecule has 0 aliphatic heterocycles. The molecular formula is C16H33N. The van der Waals surface area contributed by atoms with E-state index in [2.05, 4.69) is 19.3 Å². The van der Waals surface area contributed by atoms with Crippen LogP contribution in [-0.4, -0.2) is 13.1 Å². The van der Waals surface area contributed by atoms with E-state index >= 15 is 0 Å². The molecule has 1 fully saturated rings. The van der Waals surface area contributed by atoms with Crippen molar-refractivity contribution in [2.24, 2.45) is 5.92 Å². The van der Waals surface area contributed by atoms with E-state index in [4.69, 9.17) is 0 Å². The van der Waals surface area contributed by atoms with E-state index in [1.54, 1.807) is 0 Å². The van der Waals surface area contributed by atoms with Gasteiger partial charge in [0.25, 0.3) is 0 Å². The van der Waals surface area contributed by atoms with E-state index in [0.29, 0.717) is 0 Å². The Hall–Kier alpha value is -0.0400. The summed E-state index contributed by atoms with van der Waals surface area (Å²) in [6.07, 6.45) is 17.4. The minimum atomic E-state index is 0.802. The Balaban J connectivity index is 1.88. The SMILES string of the molecule is CCCCCCCCCC(CC1CCC1)NC. The highest BCUT2D eigenvalue weighted by molar-refractivity contribution is 4.76. The van der Waals surface area contributed by atoms with Crippen LogP contribution in [0.15, 0.2) is 0 Å². The molecular weight excluding hydrogens is 206 g/mol. The maximum absolute atomic E-state index is 3.51. The Morgan fingerprint density at radius 2 is 1.65 bits per heavy atom. The molecule has 0 heterocycles. The van der Waals surface area contributed by atoms with Gasteiger partial charge in [-0.3, -0.25) is 0 Å². The first-order chi connectivity index (χ1) is 8.36. The summed E-state index contributed by atoms with van der Waals surface area (Å²) in [6, 6.07) is 0.802. The zero-order valence-electron chi connectivity index (χ0n) is 12.1. The number of hydrogen-bond acceptors (Lipinski definition) is 1. The van der Waals surface area contributed by atoms with Gasteiger partial charge in [0.15, 0.2) is 0 Å². The quantitative estimate of drug-likeness (QED) is 0.505. The molecule has 0 radical (unpaired) electrons. The van der Waals surface area contributed by atoms with Gasteiger partial charge in [-0.1, -0.05) is 71.1 Å². The molecule has 1 saturated carbocycles. The van der Waals surface area contributed by atoms with Gasteiger partial charge in [-0.05, 0) is 25.8 Å². The second kappa shape index (κ2) is 9.94.